The molecule has 0 unspecified atom stereocenters. The molecule has 2 heterocycles. The number of aromatic nitrogens is 2. The number of benzene rings is 1. The van der Waals surface area contributed by atoms with Crippen LogP contribution in [0.3, 0.4) is 0 Å². The molecular weight excluding hydrogens is 444 g/mol. The van der Waals surface area contributed by atoms with Gasteiger partial charge in [0.2, 0.25) is 5.91 Å². The Morgan fingerprint density at radius 1 is 1.15 bits per heavy atom. The summed E-state index contributed by atoms with van der Waals surface area (Å²) < 4.78 is 6.10. The van der Waals surface area contributed by atoms with Crippen molar-refractivity contribution in [2.24, 2.45) is 0 Å². The quantitative estimate of drug-likeness (QED) is 0.521. The van der Waals surface area contributed by atoms with Gasteiger partial charge in [0.1, 0.15) is 0 Å². The fourth-order valence-corrected chi connectivity index (χ4v) is 7.97. The summed E-state index contributed by atoms with van der Waals surface area (Å²) >= 11 is 0. The van der Waals surface area contributed by atoms with Crippen LogP contribution < -0.4 is 5.32 Å². The SMILES string of the molecule is CC(C)O[C@@H](C(=O)N1Cc2c(NC(=O)C3([Si](C)(C)C)CCC3)n[nH]c2C1(C)C)c1ccccc1. The summed E-state index contributed by atoms with van der Waals surface area (Å²) in [5, 5.41) is 10.5. The Balaban J connectivity index is 1.60. The lowest BCUT2D eigenvalue weighted by atomic mass is 9.83. The van der Waals surface area contributed by atoms with Crippen LogP contribution in [0, 0.1) is 0 Å². The fraction of sp³-hybridized carbons (Fsp3) is 0.577. The Bertz CT molecular complexity index is 1070. The number of nitrogens with one attached hydrogen (secondary N) is 2. The Labute approximate surface area is 203 Å². The van der Waals surface area contributed by atoms with Gasteiger partial charge in [0, 0.05) is 10.6 Å². The molecule has 2 aromatic rings. The molecule has 1 atom stereocenters. The van der Waals surface area contributed by atoms with Gasteiger partial charge in [-0.3, -0.25) is 14.7 Å². The molecule has 7 nitrogen and oxygen atoms in total. The molecule has 1 fully saturated rings. The number of hydrogen-bond acceptors (Lipinski definition) is 4. The Morgan fingerprint density at radius 3 is 2.32 bits per heavy atom. The molecule has 2 aliphatic rings. The highest BCUT2D eigenvalue weighted by molar-refractivity contribution is 6.83. The number of H-pyrrole nitrogens is 1. The number of carbonyl (C=O) groups excluding carboxylic acids is 2. The largest absolute Gasteiger partial charge is 0.361 e. The zero-order chi connectivity index (χ0) is 24.9. The number of nitrogens with zero attached hydrogens (tertiary/aromatic N) is 2. The van der Waals surface area contributed by atoms with E-state index in [1.54, 1.807) is 0 Å². The van der Waals surface area contributed by atoms with Crippen molar-refractivity contribution < 1.29 is 14.3 Å². The van der Waals surface area contributed by atoms with E-state index in [2.05, 4.69) is 35.2 Å². The Hall–Kier alpha value is -2.45. The van der Waals surface area contributed by atoms with Gasteiger partial charge in [0.25, 0.3) is 5.91 Å². The van der Waals surface area contributed by atoms with Crippen molar-refractivity contribution in [2.75, 3.05) is 5.32 Å². The number of amides is 2. The van der Waals surface area contributed by atoms with Crippen molar-refractivity contribution in [2.45, 2.75) is 95.9 Å². The summed E-state index contributed by atoms with van der Waals surface area (Å²) in [7, 11) is -1.71. The lowest BCUT2D eigenvalue weighted by Gasteiger charge is -2.48. The number of hydrogen-bond donors (Lipinski definition) is 2. The van der Waals surface area contributed by atoms with Gasteiger partial charge in [0.15, 0.2) is 11.9 Å². The van der Waals surface area contributed by atoms with Crippen LogP contribution in [-0.2, 0) is 26.4 Å². The molecule has 184 valence electrons. The molecule has 2 amide bonds. The molecule has 1 aromatic carbocycles. The zero-order valence-electron chi connectivity index (χ0n) is 21.5. The van der Waals surface area contributed by atoms with E-state index >= 15 is 0 Å². The molecule has 1 aromatic heterocycles. The predicted molar refractivity (Wildman–Crippen MR) is 136 cm³/mol. The summed E-state index contributed by atoms with van der Waals surface area (Å²) in [6.45, 7) is 15.1. The van der Waals surface area contributed by atoms with Gasteiger partial charge < -0.3 is 15.0 Å². The molecule has 34 heavy (non-hydrogen) atoms. The molecule has 1 aliphatic heterocycles. The molecular formula is C26H38N4O3Si. The smallest absolute Gasteiger partial charge is 0.257 e. The number of rotatable bonds is 7. The normalized spacial score (nSPS) is 19.5. The number of aromatic amines is 1. The first-order valence-electron chi connectivity index (χ1n) is 12.3. The van der Waals surface area contributed by atoms with E-state index in [4.69, 9.17) is 4.74 Å². The Morgan fingerprint density at radius 2 is 1.79 bits per heavy atom. The van der Waals surface area contributed by atoms with Gasteiger partial charge in [-0.25, -0.2) is 0 Å². The highest BCUT2D eigenvalue weighted by Crippen LogP contribution is 2.56. The minimum Gasteiger partial charge on any atom is -0.361 e. The summed E-state index contributed by atoms with van der Waals surface area (Å²) in [6.07, 6.45) is 2.20. The predicted octanol–water partition coefficient (Wildman–Crippen LogP) is 5.35. The van der Waals surface area contributed by atoms with Crippen LogP contribution in [0.1, 0.15) is 69.9 Å². The van der Waals surface area contributed by atoms with Crippen molar-refractivity contribution in [3.05, 3.63) is 47.2 Å². The van der Waals surface area contributed by atoms with Gasteiger partial charge in [0.05, 0.1) is 32.0 Å². The second-order valence-electron chi connectivity index (χ2n) is 11.5. The van der Waals surface area contributed by atoms with E-state index in [-0.39, 0.29) is 23.0 Å². The standard InChI is InChI=1S/C26H38N4O3Si/c1-17(2)33-20(18-12-9-8-10-13-18)23(31)30-16-19-21(25(30,3)4)28-29-22(19)27-24(32)26(14-11-15-26)34(5,6)7/h8-10,12-13,17,20H,11,14-16H2,1-7H3,(H2,27,28,29,32)/t20-/m1/s1. The van der Waals surface area contributed by atoms with Gasteiger partial charge in [-0.15, -0.1) is 0 Å². The topological polar surface area (TPSA) is 87.3 Å². The second kappa shape index (κ2) is 8.64. The van der Waals surface area contributed by atoms with Crippen molar-refractivity contribution in [1.82, 2.24) is 15.1 Å². The summed E-state index contributed by atoms with van der Waals surface area (Å²) in [4.78, 5) is 29.1. The maximum atomic E-state index is 13.8. The van der Waals surface area contributed by atoms with Crippen LogP contribution in [0.15, 0.2) is 30.3 Å². The minimum absolute atomic E-state index is 0.0834. The average Bonchev–Trinajstić information content (AvgIpc) is 3.22. The molecule has 0 saturated heterocycles. The molecule has 8 heteroatoms. The fourth-order valence-electron chi connectivity index (χ4n) is 5.37. The average molecular weight is 483 g/mol. The minimum atomic E-state index is -1.71. The molecule has 0 spiro atoms. The zero-order valence-corrected chi connectivity index (χ0v) is 22.5. The van der Waals surface area contributed by atoms with Crippen molar-refractivity contribution >= 4 is 25.7 Å². The molecule has 2 N–H and O–H groups in total. The monoisotopic (exact) mass is 482 g/mol. The lowest BCUT2D eigenvalue weighted by Crippen LogP contribution is -2.52. The van der Waals surface area contributed by atoms with Crippen LogP contribution >= 0.6 is 0 Å². The molecule has 0 radical (unpaired) electrons. The Kier molecular flexibility index (Phi) is 6.27. The van der Waals surface area contributed by atoms with Crippen molar-refractivity contribution in [1.29, 1.82) is 0 Å². The van der Waals surface area contributed by atoms with Crippen LogP contribution in [-0.4, -0.2) is 41.1 Å². The molecule has 1 aliphatic carbocycles. The number of ether oxygens (including phenoxy) is 1. The van der Waals surface area contributed by atoms with E-state index in [1.807, 2.05) is 62.9 Å². The first-order valence-corrected chi connectivity index (χ1v) is 15.8. The second-order valence-corrected chi connectivity index (χ2v) is 17.0. The third kappa shape index (κ3) is 4.00. The number of fused-ring (bicyclic) bond motifs is 1. The maximum Gasteiger partial charge on any atom is 0.257 e. The maximum absolute atomic E-state index is 13.8. The summed E-state index contributed by atoms with van der Waals surface area (Å²) in [5.41, 5.74) is 1.97. The van der Waals surface area contributed by atoms with E-state index in [0.29, 0.717) is 12.4 Å². The van der Waals surface area contributed by atoms with Crippen LogP contribution in [0.4, 0.5) is 5.82 Å². The summed E-state index contributed by atoms with van der Waals surface area (Å²) in [6, 6.07) is 9.62. The van der Waals surface area contributed by atoms with Crippen LogP contribution in [0.25, 0.3) is 0 Å². The number of anilines is 1. The van der Waals surface area contributed by atoms with E-state index in [1.165, 1.54) is 0 Å². The van der Waals surface area contributed by atoms with Crippen molar-refractivity contribution in [3.8, 4) is 0 Å². The van der Waals surface area contributed by atoms with E-state index in [9.17, 15) is 9.59 Å². The lowest BCUT2D eigenvalue weighted by molar-refractivity contribution is -0.153. The van der Waals surface area contributed by atoms with Crippen LogP contribution in [0.2, 0.25) is 24.7 Å². The molecule has 0 bridgehead atoms. The highest BCUT2D eigenvalue weighted by atomic mass is 28.3. The summed E-state index contributed by atoms with van der Waals surface area (Å²) in [5.74, 6) is 0.540. The molecule has 1 saturated carbocycles. The third-order valence-corrected chi connectivity index (χ3v) is 11.4. The first kappa shape index (κ1) is 24.7. The van der Waals surface area contributed by atoms with Crippen molar-refractivity contribution in [3.63, 3.8) is 0 Å². The van der Waals surface area contributed by atoms with Gasteiger partial charge >= 0.3 is 0 Å². The van der Waals surface area contributed by atoms with Gasteiger partial charge in [-0.05, 0) is 46.1 Å². The van der Waals surface area contributed by atoms with Gasteiger partial charge in [-0.1, -0.05) is 56.4 Å². The van der Waals surface area contributed by atoms with E-state index in [0.717, 1.165) is 36.1 Å². The highest BCUT2D eigenvalue weighted by Gasteiger charge is 2.54. The van der Waals surface area contributed by atoms with E-state index < -0.39 is 19.7 Å². The first-order chi connectivity index (χ1) is 15.9. The van der Waals surface area contributed by atoms with Crippen LogP contribution in [0.5, 0.6) is 0 Å². The van der Waals surface area contributed by atoms with Gasteiger partial charge in [-0.2, -0.15) is 5.10 Å². The molecule has 4 rings (SSSR count). The number of carbonyl (C=O) groups is 2. The third-order valence-electron chi connectivity index (χ3n) is 7.78.